The Morgan fingerprint density at radius 1 is 1.03 bits per heavy atom. The Morgan fingerprint density at radius 2 is 1.72 bits per heavy atom. The second kappa shape index (κ2) is 7.89. The molecule has 0 saturated heterocycles. The number of carbonyl (C=O) groups excluding carboxylic acids is 2. The van der Waals surface area contributed by atoms with E-state index in [0.717, 1.165) is 29.8 Å². The third kappa shape index (κ3) is 3.43. The van der Waals surface area contributed by atoms with Crippen molar-refractivity contribution in [3.63, 3.8) is 0 Å². The molecule has 2 aliphatic rings. The van der Waals surface area contributed by atoms with Gasteiger partial charge in [-0.1, -0.05) is 66.8 Å². The van der Waals surface area contributed by atoms with Crippen LogP contribution in [0.3, 0.4) is 0 Å². The lowest BCUT2D eigenvalue weighted by Crippen LogP contribution is -2.43. The summed E-state index contributed by atoms with van der Waals surface area (Å²) in [5.74, 6) is -0.672. The van der Waals surface area contributed by atoms with Crippen LogP contribution in [0, 0.1) is 23.2 Å². The van der Waals surface area contributed by atoms with Crippen LogP contribution in [0.15, 0.2) is 47.6 Å². The first-order valence-corrected chi connectivity index (χ1v) is 11.4. The van der Waals surface area contributed by atoms with Gasteiger partial charge in [0.05, 0.1) is 21.7 Å². The number of nitrogens with zero attached hydrogens (tertiary/aromatic N) is 1. The number of aryl methyl sites for hydroxylation is 1. The summed E-state index contributed by atoms with van der Waals surface area (Å²) in [6.07, 6.45) is 1.99. The highest BCUT2D eigenvalue weighted by Gasteiger charge is 2.71. The van der Waals surface area contributed by atoms with Crippen molar-refractivity contribution in [2.45, 2.75) is 47.0 Å². The van der Waals surface area contributed by atoms with Crippen LogP contribution < -0.4 is 5.32 Å². The molecule has 0 heterocycles. The van der Waals surface area contributed by atoms with Crippen LogP contribution >= 0.6 is 23.2 Å². The number of halogens is 2. The SMILES string of the molecule is Cc1ccc(NC(=O)C23CCC(C)(/C(=N/OC(=O)c4ccc(Cl)cc4Cl)C2)C3(C)C)cc1. The number of hydrogen-bond acceptors (Lipinski definition) is 4. The summed E-state index contributed by atoms with van der Waals surface area (Å²) in [6, 6.07) is 12.3. The Hall–Kier alpha value is -2.37. The van der Waals surface area contributed by atoms with E-state index in [-0.39, 0.29) is 27.3 Å². The summed E-state index contributed by atoms with van der Waals surface area (Å²) in [6.45, 7) is 8.32. The lowest BCUT2D eigenvalue weighted by atomic mass is 9.64. The first-order valence-electron chi connectivity index (χ1n) is 10.6. The van der Waals surface area contributed by atoms with E-state index in [0.29, 0.717) is 11.4 Å². The molecule has 0 radical (unpaired) electrons. The van der Waals surface area contributed by atoms with Gasteiger partial charge in [-0.15, -0.1) is 0 Å². The monoisotopic (exact) mass is 472 g/mol. The molecule has 2 bridgehead atoms. The minimum absolute atomic E-state index is 0.0210. The molecule has 0 aromatic heterocycles. The third-order valence-electron chi connectivity index (χ3n) is 7.87. The normalized spacial score (nSPS) is 26.9. The highest BCUT2D eigenvalue weighted by Crippen LogP contribution is 2.71. The van der Waals surface area contributed by atoms with Gasteiger partial charge in [-0.05, 0) is 55.5 Å². The molecule has 2 aliphatic carbocycles. The zero-order valence-corrected chi connectivity index (χ0v) is 20.1. The van der Waals surface area contributed by atoms with E-state index in [1.165, 1.54) is 12.1 Å². The average Bonchev–Trinajstić information content (AvgIpc) is 3.04. The molecule has 7 heteroatoms. The second-order valence-corrected chi connectivity index (χ2v) is 10.4. The fourth-order valence-corrected chi connectivity index (χ4v) is 5.70. The van der Waals surface area contributed by atoms with Crippen LogP contribution in [0.2, 0.25) is 10.0 Å². The second-order valence-electron chi connectivity index (χ2n) is 9.58. The van der Waals surface area contributed by atoms with Crippen LogP contribution in [-0.4, -0.2) is 17.6 Å². The van der Waals surface area contributed by atoms with E-state index < -0.39 is 11.4 Å². The van der Waals surface area contributed by atoms with Gasteiger partial charge >= 0.3 is 5.97 Å². The molecule has 1 N–H and O–H groups in total. The average molecular weight is 473 g/mol. The number of anilines is 1. The Labute approximate surface area is 198 Å². The largest absolute Gasteiger partial charge is 0.367 e. The molecule has 2 aromatic carbocycles. The van der Waals surface area contributed by atoms with E-state index in [2.05, 4.69) is 31.2 Å². The molecule has 0 spiro atoms. The molecule has 32 heavy (non-hydrogen) atoms. The van der Waals surface area contributed by atoms with Crippen molar-refractivity contribution in [3.8, 4) is 0 Å². The van der Waals surface area contributed by atoms with E-state index in [4.69, 9.17) is 28.0 Å². The van der Waals surface area contributed by atoms with Crippen LogP contribution in [0.4, 0.5) is 5.69 Å². The van der Waals surface area contributed by atoms with Gasteiger partial charge in [-0.25, -0.2) is 4.79 Å². The molecule has 2 saturated carbocycles. The van der Waals surface area contributed by atoms with Gasteiger partial charge in [0, 0.05) is 22.5 Å². The van der Waals surface area contributed by atoms with Crippen LogP contribution in [0.5, 0.6) is 0 Å². The number of rotatable bonds is 4. The van der Waals surface area contributed by atoms with E-state index in [1.54, 1.807) is 6.07 Å². The number of nitrogens with one attached hydrogen (secondary N) is 1. The Bertz CT molecular complexity index is 1130. The minimum Gasteiger partial charge on any atom is -0.326 e. The Morgan fingerprint density at radius 3 is 2.38 bits per heavy atom. The van der Waals surface area contributed by atoms with Crippen molar-refractivity contribution in [3.05, 3.63) is 63.6 Å². The summed E-state index contributed by atoms with van der Waals surface area (Å²) in [7, 11) is 0. The first kappa shape index (κ1) is 22.8. The van der Waals surface area contributed by atoms with Gasteiger partial charge in [0.25, 0.3) is 0 Å². The summed E-state index contributed by atoms with van der Waals surface area (Å²) in [5, 5.41) is 7.99. The number of fused-ring (bicyclic) bond motifs is 2. The quantitative estimate of drug-likeness (QED) is 0.398. The maximum Gasteiger partial charge on any atom is 0.367 e. The number of oxime groups is 1. The standard InChI is InChI=1S/C25H26Cl2N2O3/c1-15-5-8-17(9-6-15)28-22(31)25-12-11-24(4,23(25,2)3)20(14-25)29-32-21(30)18-10-7-16(26)13-19(18)27/h5-10,13H,11-12,14H2,1-4H3,(H,28,31)/b29-20+. The molecule has 2 fully saturated rings. The first-order chi connectivity index (χ1) is 15.0. The summed E-state index contributed by atoms with van der Waals surface area (Å²) in [5.41, 5.74) is 1.47. The van der Waals surface area contributed by atoms with Crippen LogP contribution in [-0.2, 0) is 9.63 Å². The molecule has 4 rings (SSSR count). The van der Waals surface area contributed by atoms with Crippen LogP contribution in [0.25, 0.3) is 0 Å². The van der Waals surface area contributed by atoms with Gasteiger partial charge in [0.1, 0.15) is 0 Å². The zero-order chi connectivity index (χ0) is 23.3. The molecule has 5 nitrogen and oxygen atoms in total. The van der Waals surface area contributed by atoms with Crippen LogP contribution in [0.1, 0.15) is 56.0 Å². The maximum absolute atomic E-state index is 13.5. The molecule has 168 valence electrons. The topological polar surface area (TPSA) is 67.8 Å². The van der Waals surface area contributed by atoms with E-state index in [1.807, 2.05) is 31.2 Å². The summed E-state index contributed by atoms with van der Waals surface area (Å²) >= 11 is 12.0. The smallest absolute Gasteiger partial charge is 0.326 e. The predicted molar refractivity (Wildman–Crippen MR) is 127 cm³/mol. The molecule has 2 unspecified atom stereocenters. The van der Waals surface area contributed by atoms with Gasteiger partial charge in [0.2, 0.25) is 5.91 Å². The molecule has 2 aromatic rings. The fourth-order valence-electron chi connectivity index (χ4n) is 5.21. The van der Waals surface area contributed by atoms with Crippen molar-refractivity contribution < 1.29 is 14.4 Å². The molecule has 1 amide bonds. The van der Waals surface area contributed by atoms with Gasteiger partial charge in [0.15, 0.2) is 0 Å². The van der Waals surface area contributed by atoms with Crippen molar-refractivity contribution in [2.75, 3.05) is 5.32 Å². The highest BCUT2D eigenvalue weighted by molar-refractivity contribution is 6.36. The van der Waals surface area contributed by atoms with E-state index >= 15 is 0 Å². The number of amides is 1. The lowest BCUT2D eigenvalue weighted by molar-refractivity contribution is -0.130. The van der Waals surface area contributed by atoms with Crippen molar-refractivity contribution in [2.24, 2.45) is 21.4 Å². The predicted octanol–water partition coefficient (Wildman–Crippen LogP) is 6.67. The minimum atomic E-state index is -0.651. The molecule has 0 aliphatic heterocycles. The highest BCUT2D eigenvalue weighted by atomic mass is 35.5. The van der Waals surface area contributed by atoms with Gasteiger partial charge < -0.3 is 10.2 Å². The summed E-state index contributed by atoms with van der Waals surface area (Å²) in [4.78, 5) is 31.4. The molecular weight excluding hydrogens is 447 g/mol. The Kier molecular flexibility index (Phi) is 5.62. The zero-order valence-electron chi connectivity index (χ0n) is 18.6. The number of carbonyl (C=O) groups is 2. The number of hydrogen-bond donors (Lipinski definition) is 1. The number of benzene rings is 2. The van der Waals surface area contributed by atoms with E-state index in [9.17, 15) is 9.59 Å². The maximum atomic E-state index is 13.5. The van der Waals surface area contributed by atoms with Crippen molar-refractivity contribution in [1.29, 1.82) is 0 Å². The van der Waals surface area contributed by atoms with Crippen molar-refractivity contribution in [1.82, 2.24) is 0 Å². The molecule has 2 atom stereocenters. The lowest BCUT2D eigenvalue weighted by Gasteiger charge is -2.39. The van der Waals surface area contributed by atoms with Crippen molar-refractivity contribution >= 4 is 46.5 Å². The van der Waals surface area contributed by atoms with Gasteiger partial charge in [-0.2, -0.15) is 0 Å². The summed E-state index contributed by atoms with van der Waals surface area (Å²) < 4.78 is 0. The fraction of sp³-hybridized carbons (Fsp3) is 0.400. The Balaban J connectivity index is 1.59. The van der Waals surface area contributed by atoms with Gasteiger partial charge in [-0.3, -0.25) is 4.79 Å². The third-order valence-corrected chi connectivity index (χ3v) is 8.42. The molecular formula is C25H26Cl2N2O3.